The van der Waals surface area contributed by atoms with Gasteiger partial charge in [-0.25, -0.2) is 4.79 Å². The molecule has 0 saturated carbocycles. The van der Waals surface area contributed by atoms with Crippen molar-refractivity contribution in [1.29, 1.82) is 0 Å². The molecule has 2 atom stereocenters. The third-order valence-electron chi connectivity index (χ3n) is 4.36. The highest BCUT2D eigenvalue weighted by molar-refractivity contribution is 5.90. The lowest BCUT2D eigenvalue weighted by Crippen LogP contribution is -2.34. The Balaban J connectivity index is 1.67. The molecular formula is C15H22N2O3. The van der Waals surface area contributed by atoms with Gasteiger partial charge in [0.15, 0.2) is 0 Å². The lowest BCUT2D eigenvalue weighted by molar-refractivity contribution is 0.0599. The number of hydrogen-bond acceptors (Lipinski definition) is 5. The summed E-state index contributed by atoms with van der Waals surface area (Å²) in [6.45, 7) is 4.72. The van der Waals surface area contributed by atoms with E-state index >= 15 is 0 Å². The third kappa shape index (κ3) is 2.74. The molecule has 1 N–H and O–H groups in total. The summed E-state index contributed by atoms with van der Waals surface area (Å²) in [5.41, 5.74) is 0.539. The summed E-state index contributed by atoms with van der Waals surface area (Å²) < 4.78 is 10.5. The van der Waals surface area contributed by atoms with Crippen molar-refractivity contribution in [1.82, 2.24) is 10.2 Å². The van der Waals surface area contributed by atoms with Gasteiger partial charge in [-0.15, -0.1) is 0 Å². The Hall–Kier alpha value is -1.33. The maximum Gasteiger partial charge on any atom is 0.341 e. The molecule has 2 saturated heterocycles. The maximum atomic E-state index is 11.6. The smallest absolute Gasteiger partial charge is 0.341 e. The number of carbonyl (C=O) groups is 1. The molecule has 2 bridgehead atoms. The van der Waals surface area contributed by atoms with Crippen LogP contribution in [0.2, 0.25) is 0 Å². The van der Waals surface area contributed by atoms with Crippen LogP contribution in [0.25, 0.3) is 0 Å². The highest BCUT2D eigenvalue weighted by Crippen LogP contribution is 2.23. The molecule has 0 aromatic carbocycles. The zero-order valence-corrected chi connectivity index (χ0v) is 12.1. The van der Waals surface area contributed by atoms with Crippen molar-refractivity contribution in [2.45, 2.75) is 44.8 Å². The molecule has 2 aliphatic heterocycles. The topological polar surface area (TPSA) is 54.7 Å². The lowest BCUT2D eigenvalue weighted by atomic mass is 10.1. The zero-order chi connectivity index (χ0) is 14.1. The first-order chi connectivity index (χ1) is 9.65. The SMILES string of the molecule is COC(=O)c1cc(CN2CCC3CCC(C2)N3)oc1C. The number of methoxy groups -OCH3 is 1. The van der Waals surface area contributed by atoms with Gasteiger partial charge in [-0.2, -0.15) is 0 Å². The van der Waals surface area contributed by atoms with E-state index in [1.54, 1.807) is 0 Å². The summed E-state index contributed by atoms with van der Waals surface area (Å²) in [7, 11) is 1.39. The molecule has 2 fully saturated rings. The van der Waals surface area contributed by atoms with Gasteiger partial charge in [0.2, 0.25) is 0 Å². The predicted molar refractivity (Wildman–Crippen MR) is 74.6 cm³/mol. The highest BCUT2D eigenvalue weighted by Gasteiger charge is 2.29. The van der Waals surface area contributed by atoms with E-state index < -0.39 is 0 Å². The van der Waals surface area contributed by atoms with Crippen LogP contribution in [-0.4, -0.2) is 43.2 Å². The average molecular weight is 278 g/mol. The van der Waals surface area contributed by atoms with Crippen molar-refractivity contribution in [2.24, 2.45) is 0 Å². The summed E-state index contributed by atoms with van der Waals surface area (Å²) in [5, 5.41) is 3.67. The molecule has 0 aliphatic carbocycles. The van der Waals surface area contributed by atoms with Gasteiger partial charge in [-0.05, 0) is 32.3 Å². The van der Waals surface area contributed by atoms with Crippen LogP contribution < -0.4 is 5.32 Å². The Kier molecular flexibility index (Phi) is 3.81. The van der Waals surface area contributed by atoms with Crippen molar-refractivity contribution >= 4 is 5.97 Å². The molecule has 0 spiro atoms. The molecule has 0 amide bonds. The Morgan fingerprint density at radius 2 is 2.25 bits per heavy atom. The van der Waals surface area contributed by atoms with Gasteiger partial charge in [0.05, 0.1) is 13.7 Å². The summed E-state index contributed by atoms with van der Waals surface area (Å²) in [4.78, 5) is 14.0. The maximum absolute atomic E-state index is 11.6. The van der Waals surface area contributed by atoms with Gasteiger partial charge in [0.25, 0.3) is 0 Å². The van der Waals surface area contributed by atoms with E-state index in [2.05, 4.69) is 10.2 Å². The van der Waals surface area contributed by atoms with Gasteiger partial charge >= 0.3 is 5.97 Å². The predicted octanol–water partition coefficient (Wildman–Crippen LogP) is 1.70. The Labute approximate surface area is 119 Å². The summed E-state index contributed by atoms with van der Waals surface area (Å²) in [5.74, 6) is 1.16. The van der Waals surface area contributed by atoms with Crippen LogP contribution in [0.4, 0.5) is 0 Å². The van der Waals surface area contributed by atoms with Crippen molar-refractivity contribution in [3.05, 3.63) is 23.2 Å². The minimum Gasteiger partial charge on any atom is -0.465 e. The van der Waals surface area contributed by atoms with Crippen LogP contribution >= 0.6 is 0 Å². The van der Waals surface area contributed by atoms with Gasteiger partial charge in [-0.3, -0.25) is 4.90 Å². The Morgan fingerprint density at radius 1 is 1.45 bits per heavy atom. The molecule has 0 radical (unpaired) electrons. The molecule has 5 heteroatoms. The molecule has 2 aliphatic rings. The zero-order valence-electron chi connectivity index (χ0n) is 12.1. The quantitative estimate of drug-likeness (QED) is 0.853. The van der Waals surface area contributed by atoms with Crippen LogP contribution in [0.5, 0.6) is 0 Å². The number of furan rings is 1. The Bertz CT molecular complexity index is 497. The first kappa shape index (κ1) is 13.6. The fourth-order valence-corrected chi connectivity index (χ4v) is 3.31. The van der Waals surface area contributed by atoms with Crippen molar-refractivity contribution in [2.75, 3.05) is 20.2 Å². The van der Waals surface area contributed by atoms with Crippen LogP contribution in [0, 0.1) is 6.92 Å². The van der Waals surface area contributed by atoms with Crippen molar-refractivity contribution < 1.29 is 13.9 Å². The summed E-state index contributed by atoms with van der Waals surface area (Å²) in [6.07, 6.45) is 3.77. The van der Waals surface area contributed by atoms with Crippen LogP contribution in [-0.2, 0) is 11.3 Å². The largest absolute Gasteiger partial charge is 0.465 e. The fourth-order valence-electron chi connectivity index (χ4n) is 3.31. The molecule has 5 nitrogen and oxygen atoms in total. The van der Waals surface area contributed by atoms with Gasteiger partial charge in [-0.1, -0.05) is 0 Å². The van der Waals surface area contributed by atoms with Crippen LogP contribution in [0.15, 0.2) is 10.5 Å². The third-order valence-corrected chi connectivity index (χ3v) is 4.36. The van der Waals surface area contributed by atoms with Crippen LogP contribution in [0.1, 0.15) is 41.1 Å². The Morgan fingerprint density at radius 3 is 3.05 bits per heavy atom. The molecule has 3 rings (SSSR count). The normalized spacial score (nSPS) is 26.5. The molecule has 2 unspecified atom stereocenters. The van der Waals surface area contributed by atoms with E-state index in [0.717, 1.165) is 25.4 Å². The van der Waals surface area contributed by atoms with Crippen molar-refractivity contribution in [3.63, 3.8) is 0 Å². The van der Waals surface area contributed by atoms with E-state index in [9.17, 15) is 4.79 Å². The highest BCUT2D eigenvalue weighted by atomic mass is 16.5. The molecule has 20 heavy (non-hydrogen) atoms. The fraction of sp³-hybridized carbons (Fsp3) is 0.667. The molecule has 1 aromatic heterocycles. The van der Waals surface area contributed by atoms with E-state index in [1.807, 2.05) is 13.0 Å². The monoisotopic (exact) mass is 278 g/mol. The number of fused-ring (bicyclic) bond motifs is 2. The number of rotatable bonds is 3. The number of nitrogens with zero attached hydrogens (tertiary/aromatic N) is 1. The second-order valence-corrected chi connectivity index (χ2v) is 5.84. The minimum atomic E-state index is -0.325. The average Bonchev–Trinajstić information content (AvgIpc) is 2.95. The van der Waals surface area contributed by atoms with Gasteiger partial charge in [0, 0.05) is 25.2 Å². The number of aryl methyl sites for hydroxylation is 1. The molecule has 3 heterocycles. The number of ether oxygens (including phenoxy) is 1. The second kappa shape index (κ2) is 5.58. The number of esters is 1. The van der Waals surface area contributed by atoms with E-state index in [1.165, 1.54) is 26.4 Å². The first-order valence-electron chi connectivity index (χ1n) is 7.31. The number of hydrogen-bond donors (Lipinski definition) is 1. The number of nitrogens with one attached hydrogen (secondary N) is 1. The second-order valence-electron chi connectivity index (χ2n) is 5.84. The van der Waals surface area contributed by atoms with Crippen molar-refractivity contribution in [3.8, 4) is 0 Å². The van der Waals surface area contributed by atoms with Gasteiger partial charge < -0.3 is 14.5 Å². The number of carbonyl (C=O) groups excluding carboxylic acids is 1. The molecular weight excluding hydrogens is 256 g/mol. The first-order valence-corrected chi connectivity index (χ1v) is 7.31. The van der Waals surface area contributed by atoms with E-state index in [0.29, 0.717) is 23.4 Å². The summed E-state index contributed by atoms with van der Waals surface area (Å²) >= 11 is 0. The number of likely N-dealkylation sites (tertiary alicyclic amines) is 1. The standard InChI is InChI=1S/C15H22N2O3/c1-10-14(15(18)19-2)7-13(20-10)9-17-6-5-11-3-4-12(8-17)16-11/h7,11-12,16H,3-6,8-9H2,1-2H3. The lowest BCUT2D eigenvalue weighted by Gasteiger charge is -2.22. The van der Waals surface area contributed by atoms with Gasteiger partial charge in [0.1, 0.15) is 17.1 Å². The van der Waals surface area contributed by atoms with Crippen LogP contribution in [0.3, 0.4) is 0 Å². The molecule has 110 valence electrons. The summed E-state index contributed by atoms with van der Waals surface area (Å²) in [6, 6.07) is 3.12. The molecule has 1 aromatic rings. The van der Waals surface area contributed by atoms with E-state index in [-0.39, 0.29) is 5.97 Å². The van der Waals surface area contributed by atoms with E-state index in [4.69, 9.17) is 9.15 Å². The minimum absolute atomic E-state index is 0.325.